The molecule has 4 rings (SSSR count). The van der Waals surface area contributed by atoms with Crippen molar-refractivity contribution in [2.45, 2.75) is 26.2 Å². The Hall–Kier alpha value is -2.40. The fraction of sp³-hybridized carbons (Fsp3) is 0.333. The lowest BCUT2D eigenvalue weighted by Gasteiger charge is -2.33. The first-order chi connectivity index (χ1) is 12.7. The third-order valence-corrected chi connectivity index (χ3v) is 5.94. The third-order valence-electron chi connectivity index (χ3n) is 5.05. The van der Waals surface area contributed by atoms with Crippen LogP contribution < -0.4 is 10.2 Å². The molecule has 3 aromatic rings. The molecule has 0 saturated carbocycles. The van der Waals surface area contributed by atoms with E-state index in [9.17, 15) is 4.79 Å². The van der Waals surface area contributed by atoms with Gasteiger partial charge < -0.3 is 10.2 Å². The molecule has 3 heterocycles. The SMILES string of the molecule is CCc1cccc(NC(=O)[C@H]2CCCN(c3nccc4sccc34)C2)c1. The molecule has 1 fully saturated rings. The highest BCUT2D eigenvalue weighted by molar-refractivity contribution is 7.17. The molecule has 0 bridgehead atoms. The van der Waals surface area contributed by atoms with E-state index < -0.39 is 0 Å². The zero-order valence-electron chi connectivity index (χ0n) is 14.9. The molecule has 0 radical (unpaired) electrons. The first-order valence-corrected chi connectivity index (χ1v) is 10.1. The van der Waals surface area contributed by atoms with Gasteiger partial charge in [0.25, 0.3) is 0 Å². The van der Waals surface area contributed by atoms with Gasteiger partial charge in [0, 0.05) is 35.1 Å². The van der Waals surface area contributed by atoms with Gasteiger partial charge in [-0.1, -0.05) is 19.1 Å². The predicted octanol–water partition coefficient (Wildman–Crippen LogP) is 4.71. The van der Waals surface area contributed by atoms with Crippen LogP contribution in [0.15, 0.2) is 48.0 Å². The van der Waals surface area contributed by atoms with E-state index in [4.69, 9.17) is 0 Å². The minimum atomic E-state index is -0.00951. The van der Waals surface area contributed by atoms with Gasteiger partial charge >= 0.3 is 0 Å². The van der Waals surface area contributed by atoms with E-state index in [-0.39, 0.29) is 11.8 Å². The number of thiophene rings is 1. The fourth-order valence-corrected chi connectivity index (χ4v) is 4.41. The van der Waals surface area contributed by atoms with E-state index in [1.165, 1.54) is 15.6 Å². The van der Waals surface area contributed by atoms with Gasteiger partial charge in [0.2, 0.25) is 5.91 Å². The number of amides is 1. The Kier molecular flexibility index (Phi) is 4.89. The topological polar surface area (TPSA) is 45.2 Å². The lowest BCUT2D eigenvalue weighted by Crippen LogP contribution is -2.41. The Labute approximate surface area is 157 Å². The quantitative estimate of drug-likeness (QED) is 0.728. The maximum atomic E-state index is 12.8. The number of aryl methyl sites for hydroxylation is 1. The summed E-state index contributed by atoms with van der Waals surface area (Å²) in [5, 5.41) is 6.40. The molecule has 4 nitrogen and oxygen atoms in total. The van der Waals surface area contributed by atoms with Crippen LogP contribution in [0.2, 0.25) is 0 Å². The number of carbonyl (C=O) groups excluding carboxylic acids is 1. The second-order valence-electron chi connectivity index (χ2n) is 6.80. The average molecular weight is 366 g/mol. The number of hydrogen-bond donors (Lipinski definition) is 1. The molecule has 1 saturated heterocycles. The van der Waals surface area contributed by atoms with Crippen LogP contribution in [-0.2, 0) is 11.2 Å². The summed E-state index contributed by atoms with van der Waals surface area (Å²) in [6.45, 7) is 3.80. The number of piperidine rings is 1. The molecule has 1 aromatic carbocycles. The number of hydrogen-bond acceptors (Lipinski definition) is 4. The second-order valence-corrected chi connectivity index (χ2v) is 7.74. The number of rotatable bonds is 4. The largest absolute Gasteiger partial charge is 0.355 e. The zero-order valence-corrected chi connectivity index (χ0v) is 15.8. The van der Waals surface area contributed by atoms with Gasteiger partial charge in [-0.15, -0.1) is 11.3 Å². The van der Waals surface area contributed by atoms with Gasteiger partial charge in [-0.2, -0.15) is 0 Å². The molecule has 134 valence electrons. The van der Waals surface area contributed by atoms with Crippen molar-refractivity contribution < 1.29 is 4.79 Å². The van der Waals surface area contributed by atoms with Crippen LogP contribution in [0.1, 0.15) is 25.3 Å². The Morgan fingerprint density at radius 2 is 2.27 bits per heavy atom. The number of fused-ring (bicyclic) bond motifs is 1. The van der Waals surface area contributed by atoms with Crippen molar-refractivity contribution in [3.05, 3.63) is 53.5 Å². The molecule has 1 amide bonds. The van der Waals surface area contributed by atoms with E-state index in [1.54, 1.807) is 11.3 Å². The van der Waals surface area contributed by atoms with Gasteiger partial charge in [-0.3, -0.25) is 4.79 Å². The van der Waals surface area contributed by atoms with E-state index in [0.717, 1.165) is 43.9 Å². The van der Waals surface area contributed by atoms with E-state index in [0.29, 0.717) is 0 Å². The third kappa shape index (κ3) is 3.44. The minimum Gasteiger partial charge on any atom is -0.355 e. The molecule has 1 aliphatic rings. The molecule has 2 aromatic heterocycles. The number of carbonyl (C=O) groups is 1. The summed E-state index contributed by atoms with van der Waals surface area (Å²) in [7, 11) is 0. The van der Waals surface area contributed by atoms with Gasteiger partial charge in [-0.05, 0) is 54.5 Å². The Bertz CT molecular complexity index is 920. The van der Waals surface area contributed by atoms with Crippen LogP contribution in [0.25, 0.3) is 10.1 Å². The highest BCUT2D eigenvalue weighted by atomic mass is 32.1. The summed E-state index contributed by atoms with van der Waals surface area (Å²) in [6, 6.07) is 12.3. The van der Waals surface area contributed by atoms with Gasteiger partial charge in [0.1, 0.15) is 5.82 Å². The first-order valence-electron chi connectivity index (χ1n) is 9.21. The summed E-state index contributed by atoms with van der Waals surface area (Å²) < 4.78 is 1.25. The number of aromatic nitrogens is 1. The van der Waals surface area contributed by atoms with Gasteiger partial charge in [0.05, 0.1) is 5.92 Å². The molecule has 26 heavy (non-hydrogen) atoms. The van der Waals surface area contributed by atoms with E-state index in [1.807, 2.05) is 18.3 Å². The van der Waals surface area contributed by atoms with Crippen molar-refractivity contribution in [2.75, 3.05) is 23.3 Å². The molecule has 1 atom stereocenters. The lowest BCUT2D eigenvalue weighted by atomic mass is 9.96. The second kappa shape index (κ2) is 7.46. The number of benzene rings is 1. The Morgan fingerprint density at radius 3 is 3.15 bits per heavy atom. The highest BCUT2D eigenvalue weighted by Gasteiger charge is 2.27. The van der Waals surface area contributed by atoms with Crippen LogP contribution in [0.3, 0.4) is 0 Å². The molecule has 5 heteroatoms. The zero-order chi connectivity index (χ0) is 17.9. The van der Waals surface area contributed by atoms with Crippen molar-refractivity contribution in [2.24, 2.45) is 5.92 Å². The van der Waals surface area contributed by atoms with Crippen LogP contribution in [0.4, 0.5) is 11.5 Å². The van der Waals surface area contributed by atoms with E-state index >= 15 is 0 Å². The molecular weight excluding hydrogens is 342 g/mol. The monoisotopic (exact) mass is 365 g/mol. The molecule has 0 unspecified atom stereocenters. The number of nitrogens with one attached hydrogen (secondary N) is 1. The first kappa shape index (κ1) is 17.0. The standard InChI is InChI=1S/C21H23N3OS/c1-2-15-5-3-7-17(13-15)23-21(25)16-6-4-11-24(14-16)20-18-9-12-26-19(18)8-10-22-20/h3,5,7-10,12-13,16H,2,4,6,11,14H2,1H3,(H,23,25)/t16-/m0/s1. The molecule has 0 aliphatic carbocycles. The fourth-order valence-electron chi connectivity index (χ4n) is 3.63. The maximum absolute atomic E-state index is 12.8. The summed E-state index contributed by atoms with van der Waals surface area (Å²) in [6.07, 6.45) is 4.77. The van der Waals surface area contributed by atoms with Crippen molar-refractivity contribution in [3.8, 4) is 0 Å². The predicted molar refractivity (Wildman–Crippen MR) is 109 cm³/mol. The van der Waals surface area contributed by atoms with E-state index in [2.05, 4.69) is 51.8 Å². The highest BCUT2D eigenvalue weighted by Crippen LogP contribution is 2.31. The van der Waals surface area contributed by atoms with Crippen molar-refractivity contribution in [1.29, 1.82) is 0 Å². The van der Waals surface area contributed by atoms with Crippen LogP contribution in [-0.4, -0.2) is 24.0 Å². The summed E-state index contributed by atoms with van der Waals surface area (Å²) >= 11 is 1.73. The normalized spacial score (nSPS) is 17.4. The van der Waals surface area contributed by atoms with Crippen LogP contribution >= 0.6 is 11.3 Å². The Balaban J connectivity index is 1.49. The number of nitrogens with zero attached hydrogens (tertiary/aromatic N) is 2. The molecule has 0 spiro atoms. The molecule has 1 N–H and O–H groups in total. The van der Waals surface area contributed by atoms with Crippen molar-refractivity contribution >= 4 is 38.8 Å². The number of pyridine rings is 1. The molecular formula is C21H23N3OS. The lowest BCUT2D eigenvalue weighted by molar-refractivity contribution is -0.120. The average Bonchev–Trinajstić information content (AvgIpc) is 3.17. The van der Waals surface area contributed by atoms with Crippen LogP contribution in [0, 0.1) is 5.92 Å². The number of anilines is 2. The van der Waals surface area contributed by atoms with Crippen molar-refractivity contribution in [3.63, 3.8) is 0 Å². The van der Waals surface area contributed by atoms with Gasteiger partial charge in [-0.25, -0.2) is 4.98 Å². The van der Waals surface area contributed by atoms with Crippen molar-refractivity contribution in [1.82, 2.24) is 4.98 Å². The van der Waals surface area contributed by atoms with Gasteiger partial charge in [0.15, 0.2) is 0 Å². The maximum Gasteiger partial charge on any atom is 0.229 e. The minimum absolute atomic E-state index is 0.00951. The smallest absolute Gasteiger partial charge is 0.229 e. The van der Waals surface area contributed by atoms with Crippen LogP contribution in [0.5, 0.6) is 0 Å². The Morgan fingerprint density at radius 1 is 1.35 bits per heavy atom. The summed E-state index contributed by atoms with van der Waals surface area (Å²) in [5.41, 5.74) is 2.13. The summed E-state index contributed by atoms with van der Waals surface area (Å²) in [4.78, 5) is 19.7. The summed E-state index contributed by atoms with van der Waals surface area (Å²) in [5.74, 6) is 1.11. The molecule has 1 aliphatic heterocycles.